The van der Waals surface area contributed by atoms with Crippen molar-refractivity contribution in [3.63, 3.8) is 0 Å². The lowest BCUT2D eigenvalue weighted by Gasteiger charge is -2.06. The van der Waals surface area contributed by atoms with Gasteiger partial charge < -0.3 is 9.88 Å². The van der Waals surface area contributed by atoms with Crippen molar-refractivity contribution in [3.05, 3.63) is 36.5 Å². The molecule has 0 spiro atoms. The summed E-state index contributed by atoms with van der Waals surface area (Å²) in [6, 6.07) is 10.3. The minimum absolute atomic E-state index is 0.0214. The van der Waals surface area contributed by atoms with Crippen molar-refractivity contribution >= 4 is 22.6 Å². The predicted molar refractivity (Wildman–Crippen MR) is 74.9 cm³/mol. The van der Waals surface area contributed by atoms with E-state index < -0.39 is 0 Å². The third-order valence-corrected chi connectivity index (χ3v) is 2.99. The summed E-state index contributed by atoms with van der Waals surface area (Å²) < 4.78 is 2.17. The number of nitrogens with one attached hydrogen (secondary N) is 1. The van der Waals surface area contributed by atoms with Crippen LogP contribution in [0.5, 0.6) is 0 Å². The first-order chi connectivity index (χ1) is 9.16. The van der Waals surface area contributed by atoms with Gasteiger partial charge in [0.05, 0.1) is 6.42 Å². The second-order valence-corrected chi connectivity index (χ2v) is 4.65. The van der Waals surface area contributed by atoms with Gasteiger partial charge in [0.15, 0.2) is 0 Å². The van der Waals surface area contributed by atoms with Gasteiger partial charge in [-0.1, -0.05) is 18.2 Å². The van der Waals surface area contributed by atoms with E-state index in [0.29, 0.717) is 6.54 Å². The second kappa shape index (κ2) is 6.18. The maximum absolute atomic E-state index is 11.3. The molecule has 100 valence electrons. The Kier molecular flexibility index (Phi) is 4.34. The number of aryl methyl sites for hydroxylation is 1. The van der Waals surface area contributed by atoms with Crippen LogP contribution in [-0.2, 0) is 16.1 Å². The van der Waals surface area contributed by atoms with Crippen LogP contribution in [0.25, 0.3) is 10.9 Å². The van der Waals surface area contributed by atoms with Gasteiger partial charge in [-0.2, -0.15) is 0 Å². The van der Waals surface area contributed by atoms with Crippen LogP contribution in [0.4, 0.5) is 0 Å². The largest absolute Gasteiger partial charge is 0.356 e. The second-order valence-electron chi connectivity index (χ2n) is 4.65. The number of ketones is 1. The number of fused-ring (bicyclic) bond motifs is 1. The molecule has 1 aromatic heterocycles. The molecule has 0 aliphatic heterocycles. The Morgan fingerprint density at radius 2 is 2.00 bits per heavy atom. The van der Waals surface area contributed by atoms with E-state index in [2.05, 4.69) is 34.3 Å². The van der Waals surface area contributed by atoms with E-state index in [-0.39, 0.29) is 18.1 Å². The number of nitrogens with zero attached hydrogens (tertiary/aromatic N) is 1. The van der Waals surface area contributed by atoms with Crippen molar-refractivity contribution in [2.45, 2.75) is 26.3 Å². The first-order valence-electron chi connectivity index (χ1n) is 6.47. The van der Waals surface area contributed by atoms with Crippen molar-refractivity contribution < 1.29 is 9.59 Å². The number of amides is 1. The lowest BCUT2D eigenvalue weighted by Crippen LogP contribution is -2.26. The summed E-state index contributed by atoms with van der Waals surface area (Å²) in [5.41, 5.74) is 1.21. The van der Waals surface area contributed by atoms with E-state index in [4.69, 9.17) is 0 Å². The molecule has 0 saturated heterocycles. The third kappa shape index (κ3) is 3.68. The number of carbonyl (C=O) groups is 2. The number of rotatable bonds is 6. The zero-order chi connectivity index (χ0) is 13.7. The number of hydrogen-bond donors (Lipinski definition) is 1. The zero-order valence-electron chi connectivity index (χ0n) is 11.1. The van der Waals surface area contributed by atoms with Crippen molar-refractivity contribution in [2.75, 3.05) is 6.54 Å². The highest BCUT2D eigenvalue weighted by atomic mass is 16.2. The molecule has 1 heterocycles. The molecule has 0 radical (unpaired) electrons. The fraction of sp³-hybridized carbons (Fsp3) is 0.333. The molecule has 0 aliphatic rings. The summed E-state index contributed by atoms with van der Waals surface area (Å²) in [4.78, 5) is 22.0. The molecule has 0 bridgehead atoms. The van der Waals surface area contributed by atoms with Gasteiger partial charge in [0, 0.05) is 24.8 Å². The van der Waals surface area contributed by atoms with Gasteiger partial charge in [0.25, 0.3) is 0 Å². The maximum Gasteiger partial charge on any atom is 0.227 e. The first-order valence-corrected chi connectivity index (χ1v) is 6.47. The highest BCUT2D eigenvalue weighted by Crippen LogP contribution is 2.15. The van der Waals surface area contributed by atoms with Crippen LogP contribution >= 0.6 is 0 Å². The Morgan fingerprint density at radius 3 is 2.79 bits per heavy atom. The molecule has 2 aromatic rings. The molecular formula is C15H18N2O2. The molecule has 4 nitrogen and oxygen atoms in total. The molecule has 0 aliphatic carbocycles. The standard InChI is InChI=1S/C15H18N2O2/c1-12(18)11-15(19)16-8-4-9-17-10-7-13-5-2-3-6-14(13)17/h2-3,5-7,10H,4,8-9,11H2,1H3,(H,16,19). The van der Waals surface area contributed by atoms with Crippen LogP contribution in [0.1, 0.15) is 19.8 Å². The lowest BCUT2D eigenvalue weighted by atomic mass is 10.2. The average molecular weight is 258 g/mol. The molecule has 4 heteroatoms. The molecule has 0 unspecified atom stereocenters. The van der Waals surface area contributed by atoms with Gasteiger partial charge in [0.2, 0.25) is 5.91 Å². The topological polar surface area (TPSA) is 51.1 Å². The highest BCUT2D eigenvalue weighted by Gasteiger charge is 2.04. The number of Topliss-reactive ketones (excluding diaryl/α,β-unsaturated/α-hetero) is 1. The quantitative estimate of drug-likeness (QED) is 0.637. The van der Waals surface area contributed by atoms with Crippen molar-refractivity contribution in [1.29, 1.82) is 0 Å². The van der Waals surface area contributed by atoms with Crippen LogP contribution in [0.3, 0.4) is 0 Å². The minimum Gasteiger partial charge on any atom is -0.356 e. The summed E-state index contributed by atoms with van der Waals surface area (Å²) in [5.74, 6) is -0.293. The summed E-state index contributed by atoms with van der Waals surface area (Å²) in [5, 5.41) is 3.98. The molecule has 19 heavy (non-hydrogen) atoms. The Morgan fingerprint density at radius 1 is 1.21 bits per heavy atom. The number of aromatic nitrogens is 1. The Labute approximate surface area is 112 Å². The monoisotopic (exact) mass is 258 g/mol. The zero-order valence-corrected chi connectivity index (χ0v) is 11.1. The van der Waals surface area contributed by atoms with E-state index in [9.17, 15) is 9.59 Å². The van der Waals surface area contributed by atoms with Crippen molar-refractivity contribution in [1.82, 2.24) is 9.88 Å². The summed E-state index contributed by atoms with van der Waals surface area (Å²) in [7, 11) is 0. The van der Waals surface area contributed by atoms with Crippen LogP contribution < -0.4 is 5.32 Å². The van der Waals surface area contributed by atoms with Gasteiger partial charge in [0.1, 0.15) is 5.78 Å². The number of benzene rings is 1. The van der Waals surface area contributed by atoms with Gasteiger partial charge in [-0.05, 0) is 30.9 Å². The Bertz CT molecular complexity index is 587. The summed E-state index contributed by atoms with van der Waals surface area (Å²) >= 11 is 0. The Hall–Kier alpha value is -2.10. The lowest BCUT2D eigenvalue weighted by molar-refractivity contribution is -0.127. The molecule has 0 fully saturated rings. The average Bonchev–Trinajstić information content (AvgIpc) is 2.77. The first kappa shape index (κ1) is 13.3. The van der Waals surface area contributed by atoms with Gasteiger partial charge in [-0.25, -0.2) is 0 Å². The molecule has 0 atom stereocenters. The Balaban J connectivity index is 1.80. The smallest absolute Gasteiger partial charge is 0.227 e. The van der Waals surface area contributed by atoms with Crippen molar-refractivity contribution in [3.8, 4) is 0 Å². The van der Waals surface area contributed by atoms with E-state index in [1.54, 1.807) is 0 Å². The SMILES string of the molecule is CC(=O)CC(=O)NCCCn1ccc2ccccc21. The summed E-state index contributed by atoms with van der Waals surface area (Å²) in [6.45, 7) is 2.87. The predicted octanol–water partition coefficient (Wildman–Crippen LogP) is 2.13. The van der Waals surface area contributed by atoms with E-state index in [1.165, 1.54) is 17.8 Å². The van der Waals surface area contributed by atoms with E-state index >= 15 is 0 Å². The van der Waals surface area contributed by atoms with Crippen molar-refractivity contribution in [2.24, 2.45) is 0 Å². The van der Waals surface area contributed by atoms with E-state index in [1.807, 2.05) is 12.1 Å². The van der Waals surface area contributed by atoms with Crippen LogP contribution in [0.2, 0.25) is 0 Å². The van der Waals surface area contributed by atoms with Gasteiger partial charge >= 0.3 is 0 Å². The summed E-state index contributed by atoms with van der Waals surface area (Å²) in [6.07, 6.45) is 2.89. The number of hydrogen-bond acceptors (Lipinski definition) is 2. The van der Waals surface area contributed by atoms with Crippen LogP contribution in [0.15, 0.2) is 36.5 Å². The third-order valence-electron chi connectivity index (χ3n) is 2.99. The van der Waals surface area contributed by atoms with Gasteiger partial charge in [-0.3, -0.25) is 9.59 Å². The van der Waals surface area contributed by atoms with Crippen LogP contribution in [0, 0.1) is 0 Å². The molecule has 1 aromatic carbocycles. The fourth-order valence-electron chi connectivity index (χ4n) is 2.10. The molecule has 1 amide bonds. The molecule has 1 N–H and O–H groups in total. The number of carbonyl (C=O) groups excluding carboxylic acids is 2. The fourth-order valence-corrected chi connectivity index (χ4v) is 2.10. The molecular weight excluding hydrogens is 240 g/mol. The number of para-hydroxylation sites is 1. The van der Waals surface area contributed by atoms with Gasteiger partial charge in [-0.15, -0.1) is 0 Å². The molecule has 0 saturated carbocycles. The molecule has 2 rings (SSSR count). The van der Waals surface area contributed by atoms with Crippen LogP contribution in [-0.4, -0.2) is 22.8 Å². The highest BCUT2D eigenvalue weighted by molar-refractivity contribution is 5.96. The normalized spacial score (nSPS) is 10.6. The minimum atomic E-state index is -0.190. The van der Waals surface area contributed by atoms with E-state index in [0.717, 1.165) is 13.0 Å². The maximum atomic E-state index is 11.3.